The average Bonchev–Trinajstić information content (AvgIpc) is 2.53. The van der Waals surface area contributed by atoms with Gasteiger partial charge in [0.1, 0.15) is 0 Å². The Morgan fingerprint density at radius 1 is 1.33 bits per heavy atom. The van der Waals surface area contributed by atoms with Crippen LogP contribution in [0.25, 0.3) is 11.4 Å². The molecule has 0 bridgehead atoms. The smallest absolute Gasteiger partial charge is 0.278 e. The summed E-state index contributed by atoms with van der Waals surface area (Å²) in [4.78, 5) is 11.2. The molecule has 0 saturated heterocycles. The van der Waals surface area contributed by atoms with Gasteiger partial charge in [-0.25, -0.2) is 9.89 Å². The zero-order valence-corrected chi connectivity index (χ0v) is 9.30. The van der Waals surface area contributed by atoms with Crippen molar-refractivity contribution in [2.75, 3.05) is 0 Å². The monoisotopic (exact) mass is 243 g/mol. The molecule has 1 N–H and O–H groups in total. The first-order valence-corrected chi connectivity index (χ1v) is 4.92. The minimum atomic E-state index is -0.268. The predicted molar refractivity (Wildman–Crippen MR) is 59.3 cm³/mol. The fourth-order valence-electron chi connectivity index (χ4n) is 1.24. The van der Waals surface area contributed by atoms with Gasteiger partial charge in [-0.3, -0.25) is 4.57 Å². The average molecular weight is 244 g/mol. The Kier molecular flexibility index (Phi) is 2.54. The van der Waals surface area contributed by atoms with E-state index in [0.717, 1.165) is 5.56 Å². The molecule has 0 spiro atoms. The first kappa shape index (κ1) is 10.3. The summed E-state index contributed by atoms with van der Waals surface area (Å²) in [6, 6.07) is 5.09. The number of nitrogens with one attached hydrogen (secondary N) is 1. The normalized spacial score (nSPS) is 10.6. The molecule has 2 rings (SSSR count). The number of halogens is 2. The van der Waals surface area contributed by atoms with Crippen molar-refractivity contribution in [2.45, 2.75) is 0 Å². The van der Waals surface area contributed by atoms with Crippen LogP contribution in [-0.4, -0.2) is 14.8 Å². The minimum Gasteiger partial charge on any atom is -0.278 e. The number of rotatable bonds is 1. The van der Waals surface area contributed by atoms with E-state index in [2.05, 4.69) is 10.2 Å². The molecule has 0 aliphatic heterocycles. The fraction of sp³-hybridized carbons (Fsp3) is 0.111. The molecular formula is C9H7Cl2N3O. The zero-order valence-electron chi connectivity index (χ0n) is 7.79. The molecule has 1 aromatic carbocycles. The lowest BCUT2D eigenvalue weighted by atomic mass is 10.2. The second-order valence-corrected chi connectivity index (χ2v) is 3.85. The third kappa shape index (κ3) is 1.78. The van der Waals surface area contributed by atoms with E-state index in [-0.39, 0.29) is 5.69 Å². The summed E-state index contributed by atoms with van der Waals surface area (Å²) in [7, 11) is 1.63. The van der Waals surface area contributed by atoms with Crippen LogP contribution in [0.4, 0.5) is 0 Å². The number of benzene rings is 1. The van der Waals surface area contributed by atoms with Crippen molar-refractivity contribution in [3.8, 4) is 11.4 Å². The Bertz CT molecular complexity index is 559. The van der Waals surface area contributed by atoms with Gasteiger partial charge in [0.25, 0.3) is 0 Å². The second-order valence-electron chi connectivity index (χ2n) is 3.04. The Morgan fingerprint density at radius 3 is 2.60 bits per heavy atom. The molecule has 6 heteroatoms. The Morgan fingerprint density at radius 2 is 2.07 bits per heavy atom. The van der Waals surface area contributed by atoms with Gasteiger partial charge in [0.2, 0.25) is 0 Å². The van der Waals surface area contributed by atoms with Crippen LogP contribution in [0.15, 0.2) is 23.0 Å². The second kappa shape index (κ2) is 3.72. The number of H-pyrrole nitrogens is 1. The Balaban J connectivity index is 2.59. The number of hydrogen-bond donors (Lipinski definition) is 1. The maximum atomic E-state index is 11.2. The van der Waals surface area contributed by atoms with Crippen molar-refractivity contribution in [1.29, 1.82) is 0 Å². The van der Waals surface area contributed by atoms with E-state index in [1.54, 1.807) is 25.2 Å². The Hall–Kier alpha value is -1.26. The van der Waals surface area contributed by atoms with Gasteiger partial charge in [0.05, 0.1) is 10.0 Å². The standard InChI is InChI=1S/C9H7Cl2N3O/c1-14-8(12-13-9(14)15)5-2-3-6(10)7(11)4-5/h2-4H,1H3,(H,13,15). The van der Waals surface area contributed by atoms with Gasteiger partial charge in [-0.1, -0.05) is 23.2 Å². The molecule has 0 unspecified atom stereocenters. The van der Waals surface area contributed by atoms with Gasteiger partial charge in [-0.15, -0.1) is 0 Å². The Labute approximate surface area is 95.4 Å². The molecule has 1 heterocycles. The molecule has 2 aromatic rings. The highest BCUT2D eigenvalue weighted by atomic mass is 35.5. The molecule has 0 aliphatic rings. The lowest BCUT2D eigenvalue weighted by Crippen LogP contribution is -2.13. The van der Waals surface area contributed by atoms with Crippen LogP contribution in [0, 0.1) is 0 Å². The summed E-state index contributed by atoms with van der Waals surface area (Å²) in [5, 5.41) is 7.14. The maximum Gasteiger partial charge on any atom is 0.343 e. The first-order valence-electron chi connectivity index (χ1n) is 4.16. The molecular weight excluding hydrogens is 237 g/mol. The minimum absolute atomic E-state index is 0.268. The van der Waals surface area contributed by atoms with Crippen LogP contribution in [0.2, 0.25) is 10.0 Å². The quantitative estimate of drug-likeness (QED) is 0.834. The fourth-order valence-corrected chi connectivity index (χ4v) is 1.54. The van der Waals surface area contributed by atoms with Crippen molar-refractivity contribution >= 4 is 23.2 Å². The predicted octanol–water partition coefficient (Wildman–Crippen LogP) is 2.08. The van der Waals surface area contributed by atoms with E-state index in [0.29, 0.717) is 15.9 Å². The summed E-state index contributed by atoms with van der Waals surface area (Å²) >= 11 is 11.6. The molecule has 0 aliphatic carbocycles. The third-order valence-electron chi connectivity index (χ3n) is 2.06. The molecule has 4 nitrogen and oxygen atoms in total. The van der Waals surface area contributed by atoms with Gasteiger partial charge in [0.15, 0.2) is 5.82 Å². The molecule has 0 radical (unpaired) electrons. The molecule has 0 fully saturated rings. The maximum absolute atomic E-state index is 11.2. The summed E-state index contributed by atoms with van der Waals surface area (Å²) in [5.41, 5.74) is 0.473. The molecule has 0 atom stereocenters. The van der Waals surface area contributed by atoms with Crippen LogP contribution in [0.5, 0.6) is 0 Å². The van der Waals surface area contributed by atoms with Gasteiger partial charge < -0.3 is 0 Å². The van der Waals surface area contributed by atoms with E-state index >= 15 is 0 Å². The van der Waals surface area contributed by atoms with Crippen LogP contribution in [0.1, 0.15) is 0 Å². The van der Waals surface area contributed by atoms with Gasteiger partial charge in [0, 0.05) is 12.6 Å². The summed E-state index contributed by atoms with van der Waals surface area (Å²) in [5.74, 6) is 0.526. The van der Waals surface area contributed by atoms with E-state index in [4.69, 9.17) is 23.2 Å². The molecule has 78 valence electrons. The summed E-state index contributed by atoms with van der Waals surface area (Å²) in [6.07, 6.45) is 0. The van der Waals surface area contributed by atoms with Crippen LogP contribution in [-0.2, 0) is 7.05 Å². The summed E-state index contributed by atoms with van der Waals surface area (Å²) in [6.45, 7) is 0. The highest BCUT2D eigenvalue weighted by Crippen LogP contribution is 2.26. The van der Waals surface area contributed by atoms with Gasteiger partial charge in [-0.2, -0.15) is 5.10 Å². The number of aromatic nitrogens is 3. The lowest BCUT2D eigenvalue weighted by Gasteiger charge is -2.01. The van der Waals surface area contributed by atoms with Crippen LogP contribution >= 0.6 is 23.2 Å². The summed E-state index contributed by atoms with van der Waals surface area (Å²) < 4.78 is 1.40. The van der Waals surface area contributed by atoms with Crippen molar-refractivity contribution in [1.82, 2.24) is 14.8 Å². The van der Waals surface area contributed by atoms with Crippen LogP contribution in [0.3, 0.4) is 0 Å². The zero-order chi connectivity index (χ0) is 11.0. The number of nitrogens with zero attached hydrogens (tertiary/aromatic N) is 2. The van der Waals surface area contributed by atoms with E-state index < -0.39 is 0 Å². The molecule has 0 amide bonds. The molecule has 0 saturated carbocycles. The molecule has 1 aromatic heterocycles. The van der Waals surface area contributed by atoms with E-state index in [1.807, 2.05) is 0 Å². The van der Waals surface area contributed by atoms with Crippen LogP contribution < -0.4 is 5.69 Å². The van der Waals surface area contributed by atoms with Gasteiger partial charge in [-0.05, 0) is 18.2 Å². The van der Waals surface area contributed by atoms with E-state index in [9.17, 15) is 4.79 Å². The van der Waals surface area contributed by atoms with Crippen molar-refractivity contribution in [3.63, 3.8) is 0 Å². The highest BCUT2D eigenvalue weighted by Gasteiger charge is 2.08. The van der Waals surface area contributed by atoms with Gasteiger partial charge >= 0.3 is 5.69 Å². The number of aromatic amines is 1. The van der Waals surface area contributed by atoms with Crippen molar-refractivity contribution in [2.24, 2.45) is 7.05 Å². The van der Waals surface area contributed by atoms with E-state index in [1.165, 1.54) is 4.57 Å². The third-order valence-corrected chi connectivity index (χ3v) is 2.80. The van der Waals surface area contributed by atoms with Crippen molar-refractivity contribution < 1.29 is 0 Å². The highest BCUT2D eigenvalue weighted by molar-refractivity contribution is 6.42. The topological polar surface area (TPSA) is 50.7 Å². The molecule has 15 heavy (non-hydrogen) atoms. The largest absolute Gasteiger partial charge is 0.343 e. The van der Waals surface area contributed by atoms with Crippen molar-refractivity contribution in [3.05, 3.63) is 38.7 Å². The lowest BCUT2D eigenvalue weighted by molar-refractivity contribution is 0.869. The SMILES string of the molecule is Cn1c(-c2ccc(Cl)c(Cl)c2)n[nH]c1=O. The number of hydrogen-bond acceptors (Lipinski definition) is 2. The first-order chi connectivity index (χ1) is 7.09.